The molecule has 6 nitrogen and oxygen atoms in total. The molecular formula is C13H17BrN4O2. The summed E-state index contributed by atoms with van der Waals surface area (Å²) in [7, 11) is 0. The average molecular weight is 341 g/mol. The van der Waals surface area contributed by atoms with E-state index in [0.717, 1.165) is 12.8 Å². The zero-order valence-electron chi connectivity index (χ0n) is 11.5. The molecule has 2 rings (SSSR count). The summed E-state index contributed by atoms with van der Waals surface area (Å²) in [5.74, 6) is 0.762. The number of nitrogens with one attached hydrogen (secondary N) is 1. The lowest BCUT2D eigenvalue weighted by atomic mass is 10.1. The van der Waals surface area contributed by atoms with Gasteiger partial charge < -0.3 is 4.90 Å². The van der Waals surface area contributed by atoms with Gasteiger partial charge in [-0.1, -0.05) is 13.8 Å². The van der Waals surface area contributed by atoms with Gasteiger partial charge in [0.1, 0.15) is 22.3 Å². The van der Waals surface area contributed by atoms with Crippen molar-refractivity contribution < 1.29 is 9.59 Å². The Labute approximate surface area is 126 Å². The Bertz CT molecular complexity index is 535. The topological polar surface area (TPSA) is 75.2 Å². The van der Waals surface area contributed by atoms with E-state index in [1.54, 1.807) is 11.0 Å². The standard InChI is InChI=1S/C13H17BrN4O2/c1-3-5-10-15-9(14)6-11(16-10)18-7-12(19)17-13(20)8(18)4-2/h6,8H,3-5,7H2,1-2H3,(H,17,19,20). The molecule has 1 saturated heterocycles. The van der Waals surface area contributed by atoms with Gasteiger partial charge in [-0.2, -0.15) is 0 Å². The number of amides is 2. The van der Waals surface area contributed by atoms with Crippen molar-refractivity contribution in [1.82, 2.24) is 15.3 Å². The molecule has 1 unspecified atom stereocenters. The Hall–Kier alpha value is -1.50. The van der Waals surface area contributed by atoms with Crippen LogP contribution in [-0.4, -0.2) is 34.4 Å². The van der Waals surface area contributed by atoms with E-state index in [1.807, 2.05) is 6.92 Å². The van der Waals surface area contributed by atoms with Gasteiger partial charge in [-0.25, -0.2) is 9.97 Å². The van der Waals surface area contributed by atoms with Gasteiger partial charge in [0.25, 0.3) is 0 Å². The summed E-state index contributed by atoms with van der Waals surface area (Å²) >= 11 is 3.36. The predicted molar refractivity (Wildman–Crippen MR) is 78.3 cm³/mol. The molecule has 0 aromatic carbocycles. The van der Waals surface area contributed by atoms with Gasteiger partial charge in [-0.3, -0.25) is 14.9 Å². The van der Waals surface area contributed by atoms with Crippen molar-refractivity contribution in [3.63, 3.8) is 0 Å². The SMILES string of the molecule is CCCc1nc(Br)cc(N2CC(=O)NC(=O)C2CC)n1. The summed E-state index contributed by atoms with van der Waals surface area (Å²) < 4.78 is 0.666. The molecular weight excluding hydrogens is 324 g/mol. The van der Waals surface area contributed by atoms with Crippen LogP contribution in [0.25, 0.3) is 0 Å². The Morgan fingerprint density at radius 2 is 2.15 bits per heavy atom. The van der Waals surface area contributed by atoms with Gasteiger partial charge >= 0.3 is 0 Å². The van der Waals surface area contributed by atoms with Crippen molar-refractivity contribution in [3.8, 4) is 0 Å². The summed E-state index contributed by atoms with van der Waals surface area (Å²) in [5.41, 5.74) is 0. The van der Waals surface area contributed by atoms with Crippen molar-refractivity contribution >= 4 is 33.6 Å². The van der Waals surface area contributed by atoms with E-state index >= 15 is 0 Å². The third-order valence-electron chi connectivity index (χ3n) is 3.14. The summed E-state index contributed by atoms with van der Waals surface area (Å²) in [5, 5.41) is 2.36. The normalized spacial score (nSPS) is 19.1. The highest BCUT2D eigenvalue weighted by Crippen LogP contribution is 2.22. The first-order valence-corrected chi connectivity index (χ1v) is 7.48. The molecule has 1 aliphatic heterocycles. The number of hydrogen-bond acceptors (Lipinski definition) is 5. The maximum atomic E-state index is 11.9. The van der Waals surface area contributed by atoms with Crippen LogP contribution >= 0.6 is 15.9 Å². The summed E-state index contributed by atoms with van der Waals surface area (Å²) in [4.78, 5) is 34.0. The van der Waals surface area contributed by atoms with E-state index in [0.29, 0.717) is 22.7 Å². The summed E-state index contributed by atoms with van der Waals surface area (Å²) in [6.07, 6.45) is 2.31. The average Bonchev–Trinajstić information content (AvgIpc) is 2.37. The molecule has 7 heteroatoms. The number of imide groups is 1. The fourth-order valence-electron chi connectivity index (χ4n) is 2.25. The largest absolute Gasteiger partial charge is 0.335 e. The maximum Gasteiger partial charge on any atom is 0.249 e. The smallest absolute Gasteiger partial charge is 0.249 e. The first kappa shape index (κ1) is 14.9. The molecule has 2 amide bonds. The highest BCUT2D eigenvalue weighted by atomic mass is 79.9. The minimum atomic E-state index is -0.371. The van der Waals surface area contributed by atoms with Crippen LogP contribution in [0.15, 0.2) is 10.7 Å². The zero-order chi connectivity index (χ0) is 14.7. The number of anilines is 1. The third kappa shape index (κ3) is 3.15. The van der Waals surface area contributed by atoms with E-state index < -0.39 is 0 Å². The van der Waals surface area contributed by atoms with Crippen molar-refractivity contribution in [2.75, 3.05) is 11.4 Å². The van der Waals surface area contributed by atoms with Crippen molar-refractivity contribution in [2.45, 2.75) is 39.2 Å². The molecule has 2 heterocycles. The number of aromatic nitrogens is 2. The number of aryl methyl sites for hydroxylation is 1. The van der Waals surface area contributed by atoms with Crippen LogP contribution in [0.4, 0.5) is 5.82 Å². The van der Waals surface area contributed by atoms with E-state index in [9.17, 15) is 9.59 Å². The molecule has 0 radical (unpaired) electrons. The number of nitrogens with zero attached hydrogens (tertiary/aromatic N) is 3. The Balaban J connectivity index is 2.36. The molecule has 1 fully saturated rings. The zero-order valence-corrected chi connectivity index (χ0v) is 13.1. The fourth-order valence-corrected chi connectivity index (χ4v) is 2.66. The number of piperazine rings is 1. The number of carbonyl (C=O) groups is 2. The number of carbonyl (C=O) groups excluding carboxylic acids is 2. The molecule has 1 N–H and O–H groups in total. The Morgan fingerprint density at radius 3 is 2.80 bits per heavy atom. The van der Waals surface area contributed by atoms with Crippen LogP contribution in [0.5, 0.6) is 0 Å². The summed E-state index contributed by atoms with van der Waals surface area (Å²) in [6, 6.07) is 1.37. The van der Waals surface area contributed by atoms with Crippen LogP contribution < -0.4 is 10.2 Å². The minimum absolute atomic E-state index is 0.138. The Kier molecular flexibility index (Phi) is 4.69. The number of hydrogen-bond donors (Lipinski definition) is 1. The monoisotopic (exact) mass is 340 g/mol. The number of halogens is 1. The minimum Gasteiger partial charge on any atom is -0.335 e. The molecule has 108 valence electrons. The fraction of sp³-hybridized carbons (Fsp3) is 0.538. The van der Waals surface area contributed by atoms with E-state index in [-0.39, 0.29) is 24.4 Å². The van der Waals surface area contributed by atoms with E-state index in [4.69, 9.17) is 0 Å². The van der Waals surface area contributed by atoms with Crippen LogP contribution in [0.2, 0.25) is 0 Å². The van der Waals surface area contributed by atoms with Gasteiger partial charge in [0.05, 0.1) is 6.54 Å². The highest BCUT2D eigenvalue weighted by molar-refractivity contribution is 9.10. The lowest BCUT2D eigenvalue weighted by Gasteiger charge is -2.34. The van der Waals surface area contributed by atoms with Crippen molar-refractivity contribution in [3.05, 3.63) is 16.5 Å². The van der Waals surface area contributed by atoms with Crippen molar-refractivity contribution in [2.24, 2.45) is 0 Å². The van der Waals surface area contributed by atoms with Crippen LogP contribution in [0.3, 0.4) is 0 Å². The van der Waals surface area contributed by atoms with Crippen LogP contribution in [0, 0.1) is 0 Å². The maximum absolute atomic E-state index is 11.9. The molecule has 0 saturated carbocycles. The summed E-state index contributed by atoms with van der Waals surface area (Å²) in [6.45, 7) is 4.10. The second kappa shape index (κ2) is 6.30. The quantitative estimate of drug-likeness (QED) is 0.662. The molecule has 0 bridgehead atoms. The molecule has 1 aliphatic rings. The van der Waals surface area contributed by atoms with E-state index in [1.165, 1.54) is 0 Å². The Morgan fingerprint density at radius 1 is 1.40 bits per heavy atom. The second-order valence-corrected chi connectivity index (χ2v) is 5.49. The van der Waals surface area contributed by atoms with E-state index in [2.05, 4.69) is 38.1 Å². The molecule has 1 atom stereocenters. The lowest BCUT2D eigenvalue weighted by molar-refractivity contribution is -0.132. The molecule has 20 heavy (non-hydrogen) atoms. The van der Waals surface area contributed by atoms with Gasteiger partial charge in [-0.05, 0) is 28.8 Å². The molecule has 1 aromatic heterocycles. The third-order valence-corrected chi connectivity index (χ3v) is 3.54. The van der Waals surface area contributed by atoms with Gasteiger partial charge in [0, 0.05) is 12.5 Å². The lowest BCUT2D eigenvalue weighted by Crippen LogP contribution is -2.58. The molecule has 0 spiro atoms. The van der Waals surface area contributed by atoms with Crippen molar-refractivity contribution in [1.29, 1.82) is 0 Å². The van der Waals surface area contributed by atoms with Crippen LogP contribution in [0.1, 0.15) is 32.5 Å². The predicted octanol–water partition coefficient (Wildman–Crippen LogP) is 1.43. The van der Waals surface area contributed by atoms with Gasteiger partial charge in [0.15, 0.2) is 0 Å². The van der Waals surface area contributed by atoms with Gasteiger partial charge in [0.2, 0.25) is 11.8 Å². The highest BCUT2D eigenvalue weighted by Gasteiger charge is 2.33. The first-order valence-electron chi connectivity index (χ1n) is 6.69. The second-order valence-electron chi connectivity index (χ2n) is 4.68. The van der Waals surface area contributed by atoms with Crippen LogP contribution in [-0.2, 0) is 16.0 Å². The van der Waals surface area contributed by atoms with Gasteiger partial charge in [-0.15, -0.1) is 0 Å². The molecule has 1 aromatic rings. The molecule has 0 aliphatic carbocycles. The first-order chi connectivity index (χ1) is 9.55. The number of rotatable bonds is 4.